The molecule has 2 aromatic rings. The van der Waals surface area contributed by atoms with Gasteiger partial charge in [0, 0.05) is 25.3 Å². The summed E-state index contributed by atoms with van der Waals surface area (Å²) in [5.74, 6) is 1.78. The zero-order valence-corrected chi connectivity index (χ0v) is 14.5. The highest BCUT2D eigenvalue weighted by Gasteiger charge is 2.24. The number of nitrogens with one attached hydrogen (secondary N) is 1. The Hall–Kier alpha value is -2.45. The van der Waals surface area contributed by atoms with Gasteiger partial charge in [0.1, 0.15) is 18.5 Å². The molecule has 8 heteroatoms. The van der Waals surface area contributed by atoms with Gasteiger partial charge in [-0.05, 0) is 18.9 Å². The molecule has 1 aromatic heterocycles. The second-order valence-corrected chi connectivity index (χ2v) is 6.49. The molecule has 1 fully saturated rings. The van der Waals surface area contributed by atoms with E-state index in [1.165, 1.54) is 0 Å². The first-order valence-corrected chi connectivity index (χ1v) is 8.92. The van der Waals surface area contributed by atoms with Crippen molar-refractivity contribution in [2.45, 2.75) is 32.0 Å². The second kappa shape index (κ2) is 7.84. The van der Waals surface area contributed by atoms with Crippen LogP contribution in [0.3, 0.4) is 0 Å². The Morgan fingerprint density at radius 2 is 2.23 bits per heavy atom. The molecule has 8 nitrogen and oxygen atoms in total. The summed E-state index contributed by atoms with van der Waals surface area (Å²) >= 11 is 0. The number of nitrogens with zero attached hydrogens (tertiary/aromatic N) is 3. The normalized spacial score (nSPS) is 20.2. The number of aromatic nitrogens is 2. The highest BCUT2D eigenvalue weighted by Crippen LogP contribution is 2.26. The third-order valence-electron chi connectivity index (χ3n) is 4.53. The number of carbonyl (C=O) groups excluding carboxylic acids is 1. The van der Waals surface area contributed by atoms with Gasteiger partial charge >= 0.3 is 0 Å². The van der Waals surface area contributed by atoms with Crippen molar-refractivity contribution in [1.82, 2.24) is 20.4 Å². The predicted molar refractivity (Wildman–Crippen MR) is 91.3 cm³/mol. The summed E-state index contributed by atoms with van der Waals surface area (Å²) in [4.78, 5) is 18.6. The first-order valence-electron chi connectivity index (χ1n) is 8.92. The van der Waals surface area contributed by atoms with E-state index in [9.17, 15) is 4.79 Å². The lowest BCUT2D eigenvalue weighted by Gasteiger charge is -2.18. The minimum absolute atomic E-state index is 0.0761. The highest BCUT2D eigenvalue weighted by molar-refractivity contribution is 5.77. The van der Waals surface area contributed by atoms with Crippen molar-refractivity contribution in [1.29, 1.82) is 0 Å². The number of amides is 1. The number of benzene rings is 1. The predicted octanol–water partition coefficient (Wildman–Crippen LogP) is 1.43. The van der Waals surface area contributed by atoms with Crippen molar-refractivity contribution < 1.29 is 18.8 Å². The summed E-state index contributed by atoms with van der Waals surface area (Å²) in [6, 6.07) is 7.92. The molecule has 1 amide bonds. The largest absolute Gasteiger partial charge is 0.492 e. The van der Waals surface area contributed by atoms with E-state index < -0.39 is 0 Å². The Labute approximate surface area is 151 Å². The first-order chi connectivity index (χ1) is 12.8. The van der Waals surface area contributed by atoms with Crippen molar-refractivity contribution >= 4 is 5.91 Å². The molecule has 1 aromatic carbocycles. The van der Waals surface area contributed by atoms with Gasteiger partial charge in [0.15, 0.2) is 5.82 Å². The zero-order valence-electron chi connectivity index (χ0n) is 14.5. The van der Waals surface area contributed by atoms with Crippen LogP contribution in [0.15, 0.2) is 28.8 Å². The fourth-order valence-electron chi connectivity index (χ4n) is 3.19. The van der Waals surface area contributed by atoms with Crippen LogP contribution in [0.1, 0.15) is 36.2 Å². The molecular formula is C18H22N4O4. The van der Waals surface area contributed by atoms with Gasteiger partial charge in [0.05, 0.1) is 13.1 Å². The molecule has 1 N–H and O–H groups in total. The molecule has 1 unspecified atom stereocenters. The monoisotopic (exact) mass is 358 g/mol. The van der Waals surface area contributed by atoms with E-state index in [0.29, 0.717) is 38.0 Å². The number of rotatable bonds is 5. The van der Waals surface area contributed by atoms with Crippen LogP contribution < -0.4 is 10.1 Å². The van der Waals surface area contributed by atoms with Gasteiger partial charge in [-0.25, -0.2) is 0 Å². The summed E-state index contributed by atoms with van der Waals surface area (Å²) < 4.78 is 16.5. The molecule has 0 spiro atoms. The standard InChI is InChI=1S/C18H22N4O4/c23-17(12-22-7-9-25-14-5-2-1-4-13(14)11-22)19-10-16-20-18(26-21-16)15-6-3-8-24-15/h1-2,4-5,15H,3,6-12H2,(H,19,23). The molecule has 4 rings (SSSR count). The van der Waals surface area contributed by atoms with Crippen molar-refractivity contribution in [3.05, 3.63) is 41.5 Å². The smallest absolute Gasteiger partial charge is 0.255 e. The van der Waals surface area contributed by atoms with Crippen LogP contribution in [-0.2, 0) is 22.6 Å². The molecule has 0 radical (unpaired) electrons. The Kier molecular flexibility index (Phi) is 5.12. The fourth-order valence-corrected chi connectivity index (χ4v) is 3.19. The van der Waals surface area contributed by atoms with E-state index in [1.54, 1.807) is 0 Å². The minimum atomic E-state index is -0.107. The Morgan fingerprint density at radius 1 is 1.31 bits per heavy atom. The number of hydrogen-bond acceptors (Lipinski definition) is 7. The van der Waals surface area contributed by atoms with E-state index in [1.807, 2.05) is 24.3 Å². The fraction of sp³-hybridized carbons (Fsp3) is 0.500. The first kappa shape index (κ1) is 17.0. The third-order valence-corrected chi connectivity index (χ3v) is 4.53. The van der Waals surface area contributed by atoms with Crippen LogP contribution >= 0.6 is 0 Å². The quantitative estimate of drug-likeness (QED) is 0.865. The SMILES string of the molecule is O=C(CN1CCOc2ccccc2C1)NCc1noc(C2CCCO2)n1. The molecule has 1 atom stereocenters. The summed E-state index contributed by atoms with van der Waals surface area (Å²) in [6.45, 7) is 3.23. The van der Waals surface area contributed by atoms with Gasteiger partial charge in [-0.1, -0.05) is 23.4 Å². The van der Waals surface area contributed by atoms with Crippen molar-refractivity contribution in [3.63, 3.8) is 0 Å². The summed E-state index contributed by atoms with van der Waals surface area (Å²) in [6.07, 6.45) is 1.79. The average molecular weight is 358 g/mol. The van der Waals surface area contributed by atoms with Crippen molar-refractivity contribution in [2.75, 3.05) is 26.3 Å². The Balaban J connectivity index is 1.27. The molecular weight excluding hydrogens is 336 g/mol. The third kappa shape index (κ3) is 4.03. The van der Waals surface area contributed by atoms with Crippen molar-refractivity contribution in [3.8, 4) is 5.75 Å². The van der Waals surface area contributed by atoms with E-state index in [-0.39, 0.29) is 18.6 Å². The average Bonchev–Trinajstić information content (AvgIpc) is 3.29. The van der Waals surface area contributed by atoms with Crippen LogP contribution in [-0.4, -0.2) is 47.3 Å². The summed E-state index contributed by atoms with van der Waals surface area (Å²) in [7, 11) is 0. The molecule has 2 aliphatic heterocycles. The molecule has 1 saturated heterocycles. The minimum Gasteiger partial charge on any atom is -0.492 e. The lowest BCUT2D eigenvalue weighted by atomic mass is 10.2. The van der Waals surface area contributed by atoms with Gasteiger partial charge in [0.25, 0.3) is 5.89 Å². The topological polar surface area (TPSA) is 89.7 Å². The molecule has 0 bridgehead atoms. The summed E-state index contributed by atoms with van der Waals surface area (Å²) in [5, 5.41) is 6.76. The van der Waals surface area contributed by atoms with Gasteiger partial charge in [0.2, 0.25) is 5.91 Å². The molecule has 0 saturated carbocycles. The van der Waals surface area contributed by atoms with Crippen LogP contribution in [0.5, 0.6) is 5.75 Å². The lowest BCUT2D eigenvalue weighted by Crippen LogP contribution is -2.37. The molecule has 2 aliphatic rings. The molecule has 0 aliphatic carbocycles. The van der Waals surface area contributed by atoms with E-state index >= 15 is 0 Å². The number of carbonyl (C=O) groups is 1. The number of hydrogen-bond donors (Lipinski definition) is 1. The van der Waals surface area contributed by atoms with Gasteiger partial charge in [-0.3, -0.25) is 9.69 Å². The Bertz CT molecular complexity index is 757. The lowest BCUT2D eigenvalue weighted by molar-refractivity contribution is -0.122. The van der Waals surface area contributed by atoms with Crippen LogP contribution in [0.25, 0.3) is 0 Å². The number of ether oxygens (including phenoxy) is 2. The summed E-state index contributed by atoms with van der Waals surface area (Å²) in [5.41, 5.74) is 1.09. The van der Waals surface area contributed by atoms with Gasteiger partial charge < -0.3 is 19.3 Å². The van der Waals surface area contributed by atoms with E-state index in [2.05, 4.69) is 20.4 Å². The van der Waals surface area contributed by atoms with Crippen LogP contribution in [0, 0.1) is 0 Å². The maximum atomic E-state index is 12.3. The van der Waals surface area contributed by atoms with Crippen molar-refractivity contribution in [2.24, 2.45) is 0 Å². The highest BCUT2D eigenvalue weighted by atomic mass is 16.5. The zero-order chi connectivity index (χ0) is 17.8. The molecule has 26 heavy (non-hydrogen) atoms. The van der Waals surface area contributed by atoms with Gasteiger partial charge in [-0.2, -0.15) is 4.98 Å². The number of para-hydroxylation sites is 1. The molecule has 3 heterocycles. The maximum Gasteiger partial charge on any atom is 0.255 e. The Morgan fingerprint density at radius 3 is 3.12 bits per heavy atom. The van der Waals surface area contributed by atoms with E-state index in [0.717, 1.165) is 30.8 Å². The van der Waals surface area contributed by atoms with Crippen LogP contribution in [0.4, 0.5) is 0 Å². The molecule has 138 valence electrons. The van der Waals surface area contributed by atoms with E-state index in [4.69, 9.17) is 14.0 Å². The number of fused-ring (bicyclic) bond motifs is 1. The second-order valence-electron chi connectivity index (χ2n) is 6.49. The van der Waals surface area contributed by atoms with Gasteiger partial charge in [-0.15, -0.1) is 0 Å². The maximum absolute atomic E-state index is 12.3. The van der Waals surface area contributed by atoms with Crippen LogP contribution in [0.2, 0.25) is 0 Å².